The van der Waals surface area contributed by atoms with Crippen LogP contribution in [0.2, 0.25) is 0 Å². The van der Waals surface area contributed by atoms with Gasteiger partial charge in [-0.2, -0.15) is 4.31 Å². The third-order valence-corrected chi connectivity index (χ3v) is 10.4. The molecule has 192 valence electrons. The number of piperidine rings is 1. The van der Waals surface area contributed by atoms with Crippen LogP contribution in [-0.4, -0.2) is 54.7 Å². The number of sulfonamides is 1. The highest BCUT2D eigenvalue weighted by Crippen LogP contribution is 2.44. The predicted molar refractivity (Wildman–Crippen MR) is 136 cm³/mol. The SMILES string of the molecule is CCC1=C(Cc2ccc(F)cc2)N=C(N2CC3(CCN(S(=O)(=O)c4ccc(F)cc4F)CC3)C2)SC1. The quantitative estimate of drug-likeness (QED) is 0.528. The van der Waals surface area contributed by atoms with E-state index in [1.54, 1.807) is 23.9 Å². The summed E-state index contributed by atoms with van der Waals surface area (Å²) >= 11 is 1.73. The molecular weight excluding hydrogens is 507 g/mol. The number of aliphatic imine (C=N–C) groups is 1. The molecule has 2 fully saturated rings. The Hall–Kier alpha value is -2.30. The Kier molecular flexibility index (Phi) is 6.95. The van der Waals surface area contributed by atoms with Crippen molar-refractivity contribution in [3.05, 3.63) is 76.7 Å². The molecule has 5 nitrogen and oxygen atoms in total. The van der Waals surface area contributed by atoms with E-state index in [0.717, 1.165) is 53.8 Å². The highest BCUT2D eigenvalue weighted by molar-refractivity contribution is 8.14. The lowest BCUT2D eigenvalue weighted by Crippen LogP contribution is -2.62. The first-order valence-electron chi connectivity index (χ1n) is 12.1. The van der Waals surface area contributed by atoms with Gasteiger partial charge in [-0.05, 0) is 54.7 Å². The van der Waals surface area contributed by atoms with Crippen molar-refractivity contribution in [2.45, 2.75) is 37.5 Å². The lowest BCUT2D eigenvalue weighted by molar-refractivity contribution is 0.0128. The Labute approximate surface area is 214 Å². The van der Waals surface area contributed by atoms with Crippen molar-refractivity contribution in [2.24, 2.45) is 10.4 Å². The zero-order valence-corrected chi connectivity index (χ0v) is 21.6. The van der Waals surface area contributed by atoms with Crippen LogP contribution in [0.25, 0.3) is 0 Å². The Balaban J connectivity index is 1.22. The monoisotopic (exact) mass is 535 g/mol. The van der Waals surface area contributed by atoms with E-state index in [0.29, 0.717) is 38.4 Å². The third kappa shape index (κ3) is 4.95. The Morgan fingerprint density at radius 1 is 1.00 bits per heavy atom. The van der Waals surface area contributed by atoms with Gasteiger partial charge in [-0.25, -0.2) is 26.6 Å². The van der Waals surface area contributed by atoms with E-state index < -0.39 is 26.6 Å². The van der Waals surface area contributed by atoms with E-state index in [1.165, 1.54) is 22.0 Å². The van der Waals surface area contributed by atoms with Gasteiger partial charge >= 0.3 is 0 Å². The number of amidine groups is 1. The average molecular weight is 536 g/mol. The van der Waals surface area contributed by atoms with E-state index in [9.17, 15) is 21.6 Å². The molecule has 0 aliphatic carbocycles. The molecule has 3 aliphatic heterocycles. The van der Waals surface area contributed by atoms with E-state index in [1.807, 2.05) is 0 Å². The largest absolute Gasteiger partial charge is 0.350 e. The minimum atomic E-state index is -4.01. The van der Waals surface area contributed by atoms with Gasteiger partial charge in [0.1, 0.15) is 22.3 Å². The van der Waals surface area contributed by atoms with E-state index in [2.05, 4.69) is 11.8 Å². The summed E-state index contributed by atoms with van der Waals surface area (Å²) in [5.74, 6) is -1.23. The summed E-state index contributed by atoms with van der Waals surface area (Å²) < 4.78 is 67.8. The van der Waals surface area contributed by atoms with E-state index in [4.69, 9.17) is 4.99 Å². The molecule has 0 aromatic heterocycles. The molecule has 36 heavy (non-hydrogen) atoms. The lowest BCUT2D eigenvalue weighted by atomic mass is 9.73. The highest BCUT2D eigenvalue weighted by Gasteiger charge is 2.48. The molecule has 5 rings (SSSR count). The molecule has 0 unspecified atom stereocenters. The summed E-state index contributed by atoms with van der Waals surface area (Å²) in [6.07, 6.45) is 2.95. The maximum absolute atomic E-state index is 14.1. The number of benzene rings is 2. The predicted octanol–water partition coefficient (Wildman–Crippen LogP) is 5.20. The normalized spacial score (nSPS) is 20.4. The molecular formula is C26H28F3N3O2S2. The number of thioether (sulfide) groups is 1. The van der Waals surface area contributed by atoms with Gasteiger partial charge in [-0.1, -0.05) is 30.8 Å². The number of hydrogen-bond acceptors (Lipinski definition) is 5. The van der Waals surface area contributed by atoms with Gasteiger partial charge in [-0.3, -0.25) is 0 Å². The summed E-state index contributed by atoms with van der Waals surface area (Å²) in [6.45, 7) is 4.36. The molecule has 2 saturated heterocycles. The maximum atomic E-state index is 14.1. The average Bonchev–Trinajstić information content (AvgIpc) is 2.84. The zero-order valence-electron chi connectivity index (χ0n) is 20.0. The lowest BCUT2D eigenvalue weighted by Gasteiger charge is -2.54. The molecule has 0 N–H and O–H groups in total. The number of likely N-dealkylation sites (tertiary alicyclic amines) is 1. The Bertz CT molecular complexity index is 1310. The van der Waals surface area contributed by atoms with Crippen LogP contribution in [-0.2, 0) is 16.4 Å². The van der Waals surface area contributed by atoms with Crippen molar-refractivity contribution >= 4 is 27.0 Å². The van der Waals surface area contributed by atoms with E-state index >= 15 is 0 Å². The first kappa shape index (κ1) is 25.4. The fourth-order valence-electron chi connectivity index (χ4n) is 5.13. The molecule has 0 saturated carbocycles. The number of halogens is 3. The molecule has 0 radical (unpaired) electrons. The van der Waals surface area contributed by atoms with Crippen LogP contribution in [0.1, 0.15) is 31.7 Å². The maximum Gasteiger partial charge on any atom is 0.245 e. The molecule has 0 atom stereocenters. The van der Waals surface area contributed by atoms with Gasteiger partial charge in [0.25, 0.3) is 0 Å². The number of rotatable bonds is 5. The Morgan fingerprint density at radius 3 is 2.31 bits per heavy atom. The fraction of sp³-hybridized carbons (Fsp3) is 0.423. The number of allylic oxidation sites excluding steroid dienone is 1. The van der Waals surface area contributed by atoms with Gasteiger partial charge in [0, 0.05) is 55.5 Å². The molecule has 10 heteroatoms. The van der Waals surface area contributed by atoms with Crippen molar-refractivity contribution < 1.29 is 21.6 Å². The number of nitrogens with zero attached hydrogens (tertiary/aromatic N) is 3. The highest BCUT2D eigenvalue weighted by atomic mass is 32.2. The van der Waals surface area contributed by atoms with Crippen LogP contribution in [0.15, 0.2) is 63.6 Å². The van der Waals surface area contributed by atoms with Crippen LogP contribution >= 0.6 is 11.8 Å². The molecule has 3 aliphatic rings. The smallest absolute Gasteiger partial charge is 0.245 e. The summed E-state index contributed by atoms with van der Waals surface area (Å²) in [5, 5.41) is 0.985. The van der Waals surface area contributed by atoms with Gasteiger partial charge in [0.2, 0.25) is 10.0 Å². The molecule has 2 aromatic carbocycles. The van der Waals surface area contributed by atoms with Crippen molar-refractivity contribution in [1.82, 2.24) is 9.21 Å². The number of hydrogen-bond donors (Lipinski definition) is 0. The molecule has 1 spiro atoms. The molecule has 0 amide bonds. The van der Waals surface area contributed by atoms with Gasteiger partial charge in [0.15, 0.2) is 5.17 Å². The summed E-state index contributed by atoms with van der Waals surface area (Å²) in [6, 6.07) is 9.11. The second-order valence-electron chi connectivity index (χ2n) is 9.72. The standard InChI is InChI=1S/C26H28F3N3O2S2/c1-2-19-15-35-25(30-23(19)13-18-3-5-20(27)6-4-18)31-16-26(17-31)9-11-32(12-10-26)36(33,34)24-8-7-21(28)14-22(24)29/h3-8,14H,2,9-13,15-17H2,1H3. The fourth-order valence-corrected chi connectivity index (χ4v) is 7.78. The molecule has 0 bridgehead atoms. The van der Waals surface area contributed by atoms with Gasteiger partial charge < -0.3 is 4.90 Å². The van der Waals surface area contributed by atoms with Crippen molar-refractivity contribution in [1.29, 1.82) is 0 Å². The molecule has 3 heterocycles. The zero-order chi connectivity index (χ0) is 25.5. The topological polar surface area (TPSA) is 53.0 Å². The van der Waals surface area contributed by atoms with Crippen molar-refractivity contribution in [3.8, 4) is 0 Å². The van der Waals surface area contributed by atoms with Crippen molar-refractivity contribution in [2.75, 3.05) is 31.9 Å². The third-order valence-electron chi connectivity index (χ3n) is 7.34. The Morgan fingerprint density at radius 2 is 1.67 bits per heavy atom. The summed E-state index contributed by atoms with van der Waals surface area (Å²) in [5.41, 5.74) is 3.39. The van der Waals surface area contributed by atoms with Crippen LogP contribution in [0.3, 0.4) is 0 Å². The first-order valence-corrected chi connectivity index (χ1v) is 14.5. The van der Waals surface area contributed by atoms with Gasteiger partial charge in [0.05, 0.1) is 0 Å². The minimum absolute atomic E-state index is 0.0162. The first-order chi connectivity index (χ1) is 17.2. The summed E-state index contributed by atoms with van der Waals surface area (Å²) in [4.78, 5) is 6.75. The summed E-state index contributed by atoms with van der Waals surface area (Å²) in [7, 11) is -4.01. The van der Waals surface area contributed by atoms with Crippen LogP contribution in [0.4, 0.5) is 13.2 Å². The van der Waals surface area contributed by atoms with Gasteiger partial charge in [-0.15, -0.1) is 0 Å². The van der Waals surface area contributed by atoms with Crippen molar-refractivity contribution in [3.63, 3.8) is 0 Å². The van der Waals surface area contributed by atoms with Crippen LogP contribution in [0.5, 0.6) is 0 Å². The van der Waals surface area contributed by atoms with Crippen LogP contribution < -0.4 is 0 Å². The second kappa shape index (κ2) is 9.87. The second-order valence-corrected chi connectivity index (χ2v) is 12.6. The minimum Gasteiger partial charge on any atom is -0.350 e. The van der Waals surface area contributed by atoms with E-state index in [-0.39, 0.29) is 11.2 Å². The van der Waals surface area contributed by atoms with Crippen LogP contribution in [0, 0.1) is 22.9 Å². The molecule has 2 aromatic rings.